The van der Waals surface area contributed by atoms with Gasteiger partial charge in [0, 0.05) is 69.7 Å². The van der Waals surface area contributed by atoms with Crippen LogP contribution < -0.4 is 0 Å². The molecule has 0 aromatic carbocycles. The molecule has 0 bridgehead atoms. The number of aromatic nitrogens is 1. The summed E-state index contributed by atoms with van der Waals surface area (Å²) < 4.78 is 6.85. The van der Waals surface area contributed by atoms with Gasteiger partial charge in [0.15, 0.2) is 0 Å². The van der Waals surface area contributed by atoms with Crippen LogP contribution in [0, 0.1) is 5.92 Å². The minimum atomic E-state index is -0.142. The van der Waals surface area contributed by atoms with Crippen LogP contribution in [0.15, 0.2) is 36.6 Å². The molecule has 3 aliphatic rings. The van der Waals surface area contributed by atoms with E-state index in [2.05, 4.69) is 51.4 Å². The zero-order chi connectivity index (χ0) is 26.9. The average molecular weight is 510 g/mol. The van der Waals surface area contributed by atoms with Crippen molar-refractivity contribution in [3.63, 3.8) is 0 Å². The van der Waals surface area contributed by atoms with Crippen LogP contribution in [0.5, 0.6) is 0 Å². The number of nitrogens with zero attached hydrogens (tertiary/aromatic N) is 3. The van der Waals surface area contributed by atoms with Gasteiger partial charge in [0.1, 0.15) is 0 Å². The second-order valence-corrected chi connectivity index (χ2v) is 10.4. The predicted molar refractivity (Wildman–Crippen MR) is 152 cm³/mol. The third-order valence-corrected chi connectivity index (χ3v) is 7.76. The zero-order valence-electron chi connectivity index (χ0n) is 23.7. The maximum absolute atomic E-state index is 13.3. The lowest BCUT2D eigenvalue weighted by Crippen LogP contribution is -2.46. The Morgan fingerprint density at radius 1 is 1.22 bits per heavy atom. The molecule has 204 valence electrons. The Balaban J connectivity index is 0.000000555. The number of hydrogen-bond donors (Lipinski definition) is 0. The second-order valence-electron chi connectivity index (χ2n) is 10.4. The Morgan fingerprint density at radius 2 is 1.95 bits per heavy atom. The van der Waals surface area contributed by atoms with Crippen molar-refractivity contribution in [1.82, 2.24) is 14.4 Å². The summed E-state index contributed by atoms with van der Waals surface area (Å²) >= 11 is 0. The highest BCUT2D eigenvalue weighted by atomic mass is 16.5. The molecular formula is C31H47N3O3. The Bertz CT molecular complexity index is 1000. The summed E-state index contributed by atoms with van der Waals surface area (Å²) in [4.78, 5) is 29.9. The van der Waals surface area contributed by atoms with Gasteiger partial charge in [-0.25, -0.2) is 0 Å². The Kier molecular flexibility index (Phi) is 11.0. The fourth-order valence-electron chi connectivity index (χ4n) is 5.95. The topological polar surface area (TPSA) is 54.8 Å². The first-order chi connectivity index (χ1) is 17.9. The Morgan fingerprint density at radius 3 is 2.46 bits per heavy atom. The van der Waals surface area contributed by atoms with Crippen molar-refractivity contribution >= 4 is 17.4 Å². The lowest BCUT2D eigenvalue weighted by molar-refractivity contribution is -0.134. The molecular weight excluding hydrogens is 462 g/mol. The van der Waals surface area contributed by atoms with Gasteiger partial charge in [-0.2, -0.15) is 0 Å². The molecule has 1 aliphatic carbocycles. The summed E-state index contributed by atoms with van der Waals surface area (Å²) in [5.74, 6) is 0.101. The van der Waals surface area contributed by atoms with Crippen molar-refractivity contribution in [2.24, 2.45) is 5.92 Å². The Hall–Kier alpha value is -2.44. The normalized spacial score (nSPS) is 22.6. The number of aryl methyl sites for hydroxylation is 1. The van der Waals surface area contributed by atoms with Gasteiger partial charge in [-0.15, -0.1) is 6.58 Å². The van der Waals surface area contributed by atoms with Crippen molar-refractivity contribution in [2.75, 3.05) is 39.9 Å². The summed E-state index contributed by atoms with van der Waals surface area (Å²) in [5.41, 5.74) is 5.77. The fraction of sp³-hybridized carbons (Fsp3) is 0.613. The van der Waals surface area contributed by atoms with E-state index in [0.29, 0.717) is 6.42 Å². The van der Waals surface area contributed by atoms with Gasteiger partial charge in [-0.1, -0.05) is 25.2 Å². The number of allylic oxidation sites excluding steroid dienone is 2. The van der Waals surface area contributed by atoms with E-state index in [1.807, 2.05) is 17.2 Å². The third-order valence-electron chi connectivity index (χ3n) is 7.76. The van der Waals surface area contributed by atoms with Gasteiger partial charge in [0.05, 0.1) is 5.92 Å². The maximum atomic E-state index is 13.3. The van der Waals surface area contributed by atoms with E-state index in [4.69, 9.17) is 4.74 Å². The number of fused-ring (bicyclic) bond motifs is 2. The standard InChI is InChI=1S/C26H37N3O2.C5H10O/c1-7-11-24-25-19(17-29(24)18(5)30)12-13-23-22(21(25)9-3)15-20(16-27(23)6)26(31)28(10-4)14-8-2;1-2-4-6-5-3-1/h7,9,15,17,20,23H,1,8,10-14,16H2,2-6H3;1-5H2/b21-9-;/t20?,23-;/m1./s1. The summed E-state index contributed by atoms with van der Waals surface area (Å²) in [6.45, 7) is 16.0. The summed E-state index contributed by atoms with van der Waals surface area (Å²) in [6.07, 6.45) is 15.7. The van der Waals surface area contributed by atoms with Crippen LogP contribution in [-0.4, -0.2) is 72.1 Å². The third kappa shape index (κ3) is 6.71. The summed E-state index contributed by atoms with van der Waals surface area (Å²) in [6, 6.07) is 0.284. The SMILES string of the molecule is C1CCOCC1.C=CCc1c2c(cn1C(C)=O)CC[C@@H]1C(=CC(C(=O)N(CC)CCC)CN1C)/C2=C/C. The van der Waals surface area contributed by atoms with E-state index in [0.717, 1.165) is 68.9 Å². The van der Waals surface area contributed by atoms with Crippen molar-refractivity contribution in [2.45, 2.75) is 78.7 Å². The van der Waals surface area contributed by atoms with Crippen molar-refractivity contribution in [1.29, 1.82) is 0 Å². The monoisotopic (exact) mass is 509 g/mol. The number of hydrogen-bond acceptors (Lipinski definition) is 4. The molecule has 3 heterocycles. The van der Waals surface area contributed by atoms with Crippen LogP contribution in [0.3, 0.4) is 0 Å². The molecule has 1 fully saturated rings. The molecule has 1 amide bonds. The largest absolute Gasteiger partial charge is 0.381 e. The molecule has 0 saturated carbocycles. The minimum absolute atomic E-state index is 0.0258. The van der Waals surface area contributed by atoms with Crippen LogP contribution >= 0.6 is 0 Å². The minimum Gasteiger partial charge on any atom is -0.381 e. The molecule has 2 atom stereocenters. The van der Waals surface area contributed by atoms with Crippen LogP contribution in [0.25, 0.3) is 5.57 Å². The highest BCUT2D eigenvalue weighted by molar-refractivity contribution is 5.89. The second kappa shape index (κ2) is 13.9. The first-order valence-electron chi connectivity index (χ1n) is 14.2. The quantitative estimate of drug-likeness (QED) is 0.473. The van der Waals surface area contributed by atoms with Gasteiger partial charge in [-0.3, -0.25) is 19.1 Å². The van der Waals surface area contributed by atoms with E-state index < -0.39 is 0 Å². The van der Waals surface area contributed by atoms with Gasteiger partial charge in [-0.05, 0) is 76.1 Å². The highest BCUT2D eigenvalue weighted by Crippen LogP contribution is 2.41. The highest BCUT2D eigenvalue weighted by Gasteiger charge is 2.37. The lowest BCUT2D eigenvalue weighted by Gasteiger charge is -2.38. The molecule has 6 nitrogen and oxygen atoms in total. The number of ether oxygens (including phenoxy) is 1. The predicted octanol–water partition coefficient (Wildman–Crippen LogP) is 5.53. The van der Waals surface area contributed by atoms with E-state index >= 15 is 0 Å². The summed E-state index contributed by atoms with van der Waals surface area (Å²) in [7, 11) is 2.14. The van der Waals surface area contributed by atoms with E-state index in [-0.39, 0.29) is 23.8 Å². The van der Waals surface area contributed by atoms with Crippen molar-refractivity contribution in [3.8, 4) is 0 Å². The molecule has 6 heteroatoms. The number of rotatable bonds is 6. The molecule has 37 heavy (non-hydrogen) atoms. The summed E-state index contributed by atoms with van der Waals surface area (Å²) in [5, 5.41) is 0. The molecule has 4 rings (SSSR count). The molecule has 0 N–H and O–H groups in total. The Labute approximate surface area is 224 Å². The molecule has 2 aliphatic heterocycles. The fourth-order valence-corrected chi connectivity index (χ4v) is 5.95. The van der Waals surface area contributed by atoms with E-state index in [1.165, 1.54) is 30.4 Å². The van der Waals surface area contributed by atoms with Gasteiger partial charge in [0.2, 0.25) is 11.8 Å². The average Bonchev–Trinajstić information content (AvgIpc) is 3.17. The molecule has 1 aromatic rings. The first kappa shape index (κ1) is 29.1. The van der Waals surface area contributed by atoms with Gasteiger partial charge in [0.25, 0.3) is 0 Å². The number of likely N-dealkylation sites (N-methyl/N-ethyl adjacent to an activating group) is 1. The van der Waals surface area contributed by atoms with Gasteiger partial charge >= 0.3 is 0 Å². The van der Waals surface area contributed by atoms with Crippen LogP contribution in [0.2, 0.25) is 0 Å². The van der Waals surface area contributed by atoms with Crippen LogP contribution in [-0.2, 0) is 22.4 Å². The van der Waals surface area contributed by atoms with Crippen molar-refractivity contribution in [3.05, 3.63) is 53.4 Å². The lowest BCUT2D eigenvalue weighted by atomic mass is 9.85. The van der Waals surface area contributed by atoms with Gasteiger partial charge < -0.3 is 9.64 Å². The molecule has 1 saturated heterocycles. The molecule has 1 aromatic heterocycles. The first-order valence-corrected chi connectivity index (χ1v) is 14.2. The smallest absolute Gasteiger partial charge is 0.230 e. The molecule has 0 spiro atoms. The molecule has 0 radical (unpaired) electrons. The maximum Gasteiger partial charge on any atom is 0.230 e. The number of carbonyl (C=O) groups is 2. The number of carbonyl (C=O) groups excluding carboxylic acids is 2. The number of amides is 1. The zero-order valence-corrected chi connectivity index (χ0v) is 23.7. The van der Waals surface area contributed by atoms with Crippen molar-refractivity contribution < 1.29 is 14.3 Å². The van der Waals surface area contributed by atoms with Crippen LogP contribution in [0.4, 0.5) is 0 Å². The van der Waals surface area contributed by atoms with Crippen LogP contribution in [0.1, 0.15) is 81.4 Å². The van der Waals surface area contributed by atoms with E-state index in [9.17, 15) is 9.59 Å². The molecule has 1 unspecified atom stereocenters. The van der Waals surface area contributed by atoms with E-state index in [1.54, 1.807) is 11.5 Å².